The van der Waals surface area contributed by atoms with E-state index in [4.69, 9.17) is 4.42 Å². The molecule has 0 saturated carbocycles. The molecule has 0 atom stereocenters. The Morgan fingerprint density at radius 1 is 1.54 bits per heavy atom. The van der Waals surface area contributed by atoms with E-state index in [-0.39, 0.29) is 0 Å². The Kier molecular flexibility index (Phi) is 3.55. The van der Waals surface area contributed by atoms with Gasteiger partial charge in [0.2, 0.25) is 0 Å². The van der Waals surface area contributed by atoms with Crippen molar-refractivity contribution in [3.63, 3.8) is 0 Å². The minimum absolute atomic E-state index is 0.387. The van der Waals surface area contributed by atoms with Gasteiger partial charge in [-0.1, -0.05) is 13.3 Å². The zero-order valence-electron chi connectivity index (χ0n) is 8.12. The zero-order chi connectivity index (χ0) is 9.68. The van der Waals surface area contributed by atoms with Gasteiger partial charge in [0.15, 0.2) is 17.9 Å². The van der Waals surface area contributed by atoms with E-state index in [2.05, 4.69) is 6.92 Å². The minimum atomic E-state index is 0.387. The molecule has 0 radical (unpaired) electrons. The molecule has 1 heterocycles. The van der Waals surface area contributed by atoms with Gasteiger partial charge in [0.05, 0.1) is 0 Å². The van der Waals surface area contributed by atoms with Gasteiger partial charge in [-0.15, -0.1) is 0 Å². The molecule has 0 aromatic carbocycles. The van der Waals surface area contributed by atoms with E-state index in [1.165, 1.54) is 0 Å². The van der Waals surface area contributed by atoms with E-state index in [1.54, 1.807) is 6.07 Å². The van der Waals surface area contributed by atoms with Crippen molar-refractivity contribution in [2.75, 3.05) is 18.5 Å². The summed E-state index contributed by atoms with van der Waals surface area (Å²) >= 11 is 0. The highest BCUT2D eigenvalue weighted by Crippen LogP contribution is 2.16. The third kappa shape index (κ3) is 2.61. The highest BCUT2D eigenvalue weighted by Gasteiger charge is 2.04. The first-order chi connectivity index (χ1) is 6.27. The van der Waals surface area contributed by atoms with Gasteiger partial charge in [-0.05, 0) is 12.5 Å². The van der Waals surface area contributed by atoms with Crippen LogP contribution in [0.2, 0.25) is 0 Å². The van der Waals surface area contributed by atoms with Crippen molar-refractivity contribution in [2.24, 2.45) is 0 Å². The molecule has 0 bridgehead atoms. The largest absolute Gasteiger partial charge is 0.438 e. The Morgan fingerprint density at radius 3 is 2.85 bits per heavy atom. The fraction of sp³-hybridized carbons (Fsp3) is 0.500. The Morgan fingerprint density at radius 2 is 2.31 bits per heavy atom. The van der Waals surface area contributed by atoms with Gasteiger partial charge in [0, 0.05) is 19.7 Å². The van der Waals surface area contributed by atoms with Gasteiger partial charge in [0.25, 0.3) is 0 Å². The van der Waals surface area contributed by atoms with Crippen molar-refractivity contribution in [1.29, 1.82) is 0 Å². The van der Waals surface area contributed by atoms with Gasteiger partial charge in [-0.3, -0.25) is 4.79 Å². The van der Waals surface area contributed by atoms with Gasteiger partial charge < -0.3 is 9.32 Å². The first-order valence-electron chi connectivity index (χ1n) is 4.54. The highest BCUT2D eigenvalue weighted by molar-refractivity contribution is 5.71. The maximum absolute atomic E-state index is 10.3. The summed E-state index contributed by atoms with van der Waals surface area (Å²) in [6, 6.07) is 3.50. The van der Waals surface area contributed by atoms with Crippen molar-refractivity contribution in [2.45, 2.75) is 19.8 Å². The van der Waals surface area contributed by atoms with Gasteiger partial charge in [-0.25, -0.2) is 0 Å². The van der Waals surface area contributed by atoms with Gasteiger partial charge >= 0.3 is 0 Å². The molecule has 3 nitrogen and oxygen atoms in total. The standard InChI is InChI=1S/C10H15NO2/c1-3-4-7-11(2)10-6-5-9(8-12)13-10/h5-6,8H,3-4,7H2,1-2H3. The number of carbonyl (C=O) groups is 1. The molecule has 72 valence electrons. The summed E-state index contributed by atoms with van der Waals surface area (Å²) in [6.07, 6.45) is 3.01. The molecule has 0 aliphatic carbocycles. The molecule has 0 unspecified atom stereocenters. The molecule has 0 aliphatic heterocycles. The summed E-state index contributed by atoms with van der Waals surface area (Å²) in [5.41, 5.74) is 0. The van der Waals surface area contributed by atoms with Crippen molar-refractivity contribution in [3.8, 4) is 0 Å². The lowest BCUT2D eigenvalue weighted by molar-refractivity contribution is 0.110. The van der Waals surface area contributed by atoms with E-state index in [9.17, 15) is 4.79 Å². The number of aldehydes is 1. The summed E-state index contributed by atoms with van der Waals surface area (Å²) in [4.78, 5) is 12.4. The average Bonchev–Trinajstić information content (AvgIpc) is 2.62. The van der Waals surface area contributed by atoms with Crippen LogP contribution in [0.15, 0.2) is 16.5 Å². The number of anilines is 1. The molecular weight excluding hydrogens is 166 g/mol. The fourth-order valence-corrected chi connectivity index (χ4v) is 1.12. The lowest BCUT2D eigenvalue weighted by atomic mass is 10.3. The van der Waals surface area contributed by atoms with Crippen molar-refractivity contribution >= 4 is 12.2 Å². The third-order valence-electron chi connectivity index (χ3n) is 1.95. The Labute approximate surface area is 78.3 Å². The van der Waals surface area contributed by atoms with Crippen LogP contribution in [0, 0.1) is 0 Å². The van der Waals surface area contributed by atoms with Crippen LogP contribution in [0.3, 0.4) is 0 Å². The number of carbonyl (C=O) groups excluding carboxylic acids is 1. The smallest absolute Gasteiger partial charge is 0.196 e. The number of rotatable bonds is 5. The maximum atomic E-state index is 10.3. The summed E-state index contributed by atoms with van der Waals surface area (Å²) in [7, 11) is 1.96. The average molecular weight is 181 g/mol. The lowest BCUT2D eigenvalue weighted by Crippen LogP contribution is -2.17. The summed E-state index contributed by atoms with van der Waals surface area (Å²) in [6.45, 7) is 3.11. The molecule has 0 saturated heterocycles. The Bertz CT molecular complexity index is 268. The molecular formula is C10H15NO2. The van der Waals surface area contributed by atoms with E-state index < -0.39 is 0 Å². The quantitative estimate of drug-likeness (QED) is 0.654. The van der Waals surface area contributed by atoms with Gasteiger partial charge in [-0.2, -0.15) is 0 Å². The van der Waals surface area contributed by atoms with Crippen molar-refractivity contribution < 1.29 is 9.21 Å². The highest BCUT2D eigenvalue weighted by atomic mass is 16.4. The van der Waals surface area contributed by atoms with E-state index >= 15 is 0 Å². The van der Waals surface area contributed by atoms with E-state index in [1.807, 2.05) is 18.0 Å². The summed E-state index contributed by atoms with van der Waals surface area (Å²) in [5.74, 6) is 1.15. The molecule has 13 heavy (non-hydrogen) atoms. The van der Waals surface area contributed by atoms with Crippen LogP contribution in [-0.2, 0) is 0 Å². The predicted octanol–water partition coefficient (Wildman–Crippen LogP) is 2.33. The lowest BCUT2D eigenvalue weighted by Gasteiger charge is -2.14. The van der Waals surface area contributed by atoms with Crippen LogP contribution >= 0.6 is 0 Å². The minimum Gasteiger partial charge on any atom is -0.438 e. The number of unbranched alkanes of at least 4 members (excludes halogenated alkanes) is 1. The topological polar surface area (TPSA) is 33.5 Å². The Balaban J connectivity index is 2.54. The fourth-order valence-electron chi connectivity index (χ4n) is 1.12. The normalized spacial score (nSPS) is 10.0. The molecule has 1 aromatic heterocycles. The van der Waals surface area contributed by atoms with Crippen LogP contribution in [0.1, 0.15) is 30.3 Å². The molecule has 0 amide bonds. The van der Waals surface area contributed by atoms with Crippen LogP contribution in [0.5, 0.6) is 0 Å². The summed E-state index contributed by atoms with van der Waals surface area (Å²) in [5, 5.41) is 0. The zero-order valence-corrected chi connectivity index (χ0v) is 8.12. The number of hydrogen-bond acceptors (Lipinski definition) is 3. The maximum Gasteiger partial charge on any atom is 0.196 e. The monoisotopic (exact) mass is 181 g/mol. The Hall–Kier alpha value is -1.25. The molecule has 0 spiro atoms. The molecule has 3 heteroatoms. The number of furan rings is 1. The molecule has 0 fully saturated rings. The second-order valence-electron chi connectivity index (χ2n) is 3.07. The third-order valence-corrected chi connectivity index (χ3v) is 1.95. The number of nitrogens with zero attached hydrogens (tertiary/aromatic N) is 1. The van der Waals surface area contributed by atoms with E-state index in [0.29, 0.717) is 5.76 Å². The van der Waals surface area contributed by atoms with Crippen molar-refractivity contribution in [1.82, 2.24) is 0 Å². The second-order valence-corrected chi connectivity index (χ2v) is 3.07. The predicted molar refractivity (Wildman–Crippen MR) is 52.3 cm³/mol. The number of hydrogen-bond donors (Lipinski definition) is 0. The van der Waals surface area contributed by atoms with Crippen LogP contribution in [-0.4, -0.2) is 19.9 Å². The molecule has 0 aliphatic rings. The summed E-state index contributed by atoms with van der Waals surface area (Å²) < 4.78 is 5.25. The molecule has 0 N–H and O–H groups in total. The first kappa shape index (κ1) is 9.84. The van der Waals surface area contributed by atoms with Crippen molar-refractivity contribution in [3.05, 3.63) is 17.9 Å². The van der Waals surface area contributed by atoms with Gasteiger partial charge in [0.1, 0.15) is 0 Å². The van der Waals surface area contributed by atoms with Crippen LogP contribution < -0.4 is 4.90 Å². The van der Waals surface area contributed by atoms with Crippen LogP contribution in [0.25, 0.3) is 0 Å². The SMILES string of the molecule is CCCCN(C)c1ccc(C=O)o1. The molecule has 1 aromatic rings. The van der Waals surface area contributed by atoms with E-state index in [0.717, 1.165) is 31.6 Å². The van der Waals surface area contributed by atoms with Crippen LogP contribution in [0.4, 0.5) is 5.88 Å². The first-order valence-corrected chi connectivity index (χ1v) is 4.54. The molecule has 1 rings (SSSR count). The second kappa shape index (κ2) is 4.70.